The number of hydrogen-bond acceptors (Lipinski definition) is 6. The fraction of sp³-hybridized carbons (Fsp3) is 0.0357. The van der Waals surface area contributed by atoms with Crippen LogP contribution >= 0.6 is 11.8 Å². The Labute approximate surface area is 204 Å². The molecule has 3 aromatic heterocycles. The minimum atomic E-state index is -0.289. The minimum Gasteiger partial charge on any atom is -0.453 e. The first-order chi connectivity index (χ1) is 17.1. The molecule has 3 heterocycles. The van der Waals surface area contributed by atoms with Gasteiger partial charge in [0.1, 0.15) is 11.3 Å². The van der Waals surface area contributed by atoms with Crippen molar-refractivity contribution in [2.75, 3.05) is 0 Å². The van der Waals surface area contributed by atoms with Gasteiger partial charge in [0, 0.05) is 10.3 Å². The molecule has 7 heteroatoms. The van der Waals surface area contributed by atoms with Gasteiger partial charge in [-0.3, -0.25) is 4.79 Å². The van der Waals surface area contributed by atoms with Gasteiger partial charge in [-0.15, -0.1) is 0 Å². The zero-order valence-corrected chi connectivity index (χ0v) is 19.5. The molecule has 6 aromatic rings. The lowest BCUT2D eigenvalue weighted by Crippen LogP contribution is -2.20. The molecule has 6 rings (SSSR count). The van der Waals surface area contributed by atoms with Crippen molar-refractivity contribution in [1.82, 2.24) is 9.66 Å². The van der Waals surface area contributed by atoms with Crippen molar-refractivity contribution < 1.29 is 8.83 Å². The van der Waals surface area contributed by atoms with E-state index in [0.717, 1.165) is 15.4 Å². The number of hydrogen-bond donors (Lipinski definition) is 0. The summed E-state index contributed by atoms with van der Waals surface area (Å²) in [6, 6.07) is 28.7. The van der Waals surface area contributed by atoms with Crippen LogP contribution in [-0.4, -0.2) is 15.9 Å². The molecule has 0 amide bonds. The molecular weight excluding hydrogens is 458 g/mol. The van der Waals surface area contributed by atoms with E-state index in [0.29, 0.717) is 33.8 Å². The Kier molecular flexibility index (Phi) is 5.31. The van der Waals surface area contributed by atoms with Crippen LogP contribution in [0.1, 0.15) is 11.3 Å². The molecule has 0 N–H and O–H groups in total. The van der Waals surface area contributed by atoms with Gasteiger partial charge in [0.2, 0.25) is 5.82 Å². The Morgan fingerprint density at radius 1 is 0.914 bits per heavy atom. The number of benzene rings is 3. The largest absolute Gasteiger partial charge is 0.453 e. The van der Waals surface area contributed by atoms with E-state index in [-0.39, 0.29) is 5.56 Å². The van der Waals surface area contributed by atoms with Crippen LogP contribution in [0.4, 0.5) is 0 Å². The van der Waals surface area contributed by atoms with Crippen LogP contribution in [0.2, 0.25) is 0 Å². The second-order valence-electron chi connectivity index (χ2n) is 8.03. The molecule has 0 spiro atoms. The van der Waals surface area contributed by atoms with E-state index in [9.17, 15) is 4.79 Å². The second-order valence-corrected chi connectivity index (χ2v) is 9.11. The van der Waals surface area contributed by atoms with Gasteiger partial charge in [-0.2, -0.15) is 9.78 Å². The van der Waals surface area contributed by atoms with Crippen LogP contribution in [-0.2, 0) is 0 Å². The number of nitrogens with zero attached hydrogens (tertiary/aromatic N) is 3. The normalized spacial score (nSPS) is 11.7. The van der Waals surface area contributed by atoms with Crippen LogP contribution in [0.3, 0.4) is 0 Å². The molecule has 0 radical (unpaired) electrons. The molecule has 0 aliphatic heterocycles. The fourth-order valence-electron chi connectivity index (χ4n) is 3.78. The first-order valence-corrected chi connectivity index (χ1v) is 11.9. The van der Waals surface area contributed by atoms with Crippen molar-refractivity contribution in [3.05, 3.63) is 113 Å². The zero-order chi connectivity index (χ0) is 23.8. The molecule has 0 unspecified atom stereocenters. The molecule has 0 aliphatic rings. The molecule has 170 valence electrons. The van der Waals surface area contributed by atoms with Gasteiger partial charge in [-0.05, 0) is 55.5 Å². The SMILES string of the molecule is Cc1ccc(Sc2ccc(C=Nn3c(-c4cc5ccccc5o4)nc4ccccc4c3=O)o2)cc1. The first-order valence-electron chi connectivity index (χ1n) is 11.0. The van der Waals surface area contributed by atoms with Gasteiger partial charge in [0.25, 0.3) is 5.56 Å². The molecule has 0 saturated heterocycles. The van der Waals surface area contributed by atoms with Crippen molar-refractivity contribution in [2.24, 2.45) is 5.10 Å². The number of para-hydroxylation sites is 2. The molecule has 0 atom stereocenters. The van der Waals surface area contributed by atoms with E-state index < -0.39 is 0 Å². The smallest absolute Gasteiger partial charge is 0.282 e. The number of furan rings is 2. The van der Waals surface area contributed by atoms with Crippen molar-refractivity contribution in [3.8, 4) is 11.6 Å². The molecule has 0 saturated carbocycles. The maximum Gasteiger partial charge on any atom is 0.282 e. The summed E-state index contributed by atoms with van der Waals surface area (Å²) in [4.78, 5) is 19.1. The van der Waals surface area contributed by atoms with Crippen LogP contribution in [0.5, 0.6) is 0 Å². The summed E-state index contributed by atoms with van der Waals surface area (Å²) in [5.41, 5.74) is 2.21. The van der Waals surface area contributed by atoms with Crippen LogP contribution in [0.25, 0.3) is 33.5 Å². The lowest BCUT2D eigenvalue weighted by molar-refractivity contribution is 0.468. The average Bonchev–Trinajstić information content (AvgIpc) is 3.51. The minimum absolute atomic E-state index is 0.289. The molecule has 0 fully saturated rings. The van der Waals surface area contributed by atoms with Gasteiger partial charge >= 0.3 is 0 Å². The zero-order valence-electron chi connectivity index (χ0n) is 18.7. The number of aromatic nitrogens is 2. The van der Waals surface area contributed by atoms with Gasteiger partial charge in [0.15, 0.2) is 10.9 Å². The maximum atomic E-state index is 13.4. The fourth-order valence-corrected chi connectivity index (χ4v) is 4.56. The predicted molar refractivity (Wildman–Crippen MR) is 138 cm³/mol. The summed E-state index contributed by atoms with van der Waals surface area (Å²) in [7, 11) is 0. The number of aryl methyl sites for hydroxylation is 1. The molecule has 3 aromatic carbocycles. The van der Waals surface area contributed by atoms with Gasteiger partial charge < -0.3 is 8.83 Å². The van der Waals surface area contributed by atoms with Crippen LogP contribution in [0, 0.1) is 6.92 Å². The van der Waals surface area contributed by atoms with E-state index in [4.69, 9.17) is 13.8 Å². The highest BCUT2D eigenvalue weighted by Gasteiger charge is 2.16. The summed E-state index contributed by atoms with van der Waals surface area (Å²) >= 11 is 1.52. The summed E-state index contributed by atoms with van der Waals surface area (Å²) in [6.07, 6.45) is 1.52. The van der Waals surface area contributed by atoms with Crippen LogP contribution < -0.4 is 5.56 Å². The quantitative estimate of drug-likeness (QED) is 0.257. The Bertz CT molecular complexity index is 1730. The Morgan fingerprint density at radius 3 is 2.57 bits per heavy atom. The molecule has 35 heavy (non-hydrogen) atoms. The van der Waals surface area contributed by atoms with E-state index >= 15 is 0 Å². The third-order valence-electron chi connectivity index (χ3n) is 5.54. The second kappa shape index (κ2) is 8.77. The number of rotatable bonds is 5. The maximum absolute atomic E-state index is 13.4. The summed E-state index contributed by atoms with van der Waals surface area (Å²) in [5.74, 6) is 1.30. The lowest BCUT2D eigenvalue weighted by Gasteiger charge is -2.06. The summed E-state index contributed by atoms with van der Waals surface area (Å²) in [5, 5.41) is 6.58. The molecule has 0 aliphatic carbocycles. The van der Waals surface area contributed by atoms with Crippen molar-refractivity contribution in [3.63, 3.8) is 0 Å². The van der Waals surface area contributed by atoms with Gasteiger partial charge in [0.05, 0.1) is 17.1 Å². The van der Waals surface area contributed by atoms with Crippen molar-refractivity contribution in [2.45, 2.75) is 16.9 Å². The van der Waals surface area contributed by atoms with E-state index in [1.807, 2.05) is 48.5 Å². The molecule has 6 nitrogen and oxygen atoms in total. The third-order valence-corrected chi connectivity index (χ3v) is 6.47. The molecule has 0 bridgehead atoms. The summed E-state index contributed by atoms with van der Waals surface area (Å²) in [6.45, 7) is 2.05. The van der Waals surface area contributed by atoms with Crippen LogP contribution in [0.15, 0.2) is 120 Å². The van der Waals surface area contributed by atoms with Gasteiger partial charge in [-0.25, -0.2) is 4.98 Å². The highest BCUT2D eigenvalue weighted by molar-refractivity contribution is 7.99. The van der Waals surface area contributed by atoms with Crippen molar-refractivity contribution >= 4 is 39.8 Å². The highest BCUT2D eigenvalue weighted by atomic mass is 32.2. The average molecular weight is 478 g/mol. The first kappa shape index (κ1) is 21.2. The Balaban J connectivity index is 1.40. The number of fused-ring (bicyclic) bond motifs is 2. The Hall–Kier alpha value is -4.36. The molecular formula is C28H19N3O3S. The third kappa shape index (κ3) is 4.18. The van der Waals surface area contributed by atoms with E-state index in [2.05, 4.69) is 36.3 Å². The standard InChI is InChI=1S/C28H19N3O3S/c1-18-10-13-21(14-11-18)35-26-15-12-20(33-26)17-29-31-27(25-16-19-6-2-5-9-24(19)34-25)30-23-8-4-3-7-22(23)28(31)32/h2-17H,1H3. The van der Waals surface area contributed by atoms with Gasteiger partial charge in [-0.1, -0.05) is 59.8 Å². The Morgan fingerprint density at radius 2 is 1.71 bits per heavy atom. The highest BCUT2D eigenvalue weighted by Crippen LogP contribution is 2.29. The van der Waals surface area contributed by atoms with Crippen molar-refractivity contribution in [1.29, 1.82) is 0 Å². The van der Waals surface area contributed by atoms with E-state index in [1.165, 1.54) is 28.2 Å². The predicted octanol–water partition coefficient (Wildman–Crippen LogP) is 6.74. The van der Waals surface area contributed by atoms with E-state index in [1.54, 1.807) is 18.2 Å². The lowest BCUT2D eigenvalue weighted by atomic mass is 10.2. The topological polar surface area (TPSA) is 73.5 Å². The summed E-state index contributed by atoms with van der Waals surface area (Å²) < 4.78 is 13.2. The monoisotopic (exact) mass is 477 g/mol.